The zero-order chi connectivity index (χ0) is 23.5. The van der Waals surface area contributed by atoms with Gasteiger partial charge in [0.1, 0.15) is 19.0 Å². The number of hydrogen-bond acceptors (Lipinski definition) is 11. The molecular weight excluding hydrogens is 442 g/mol. The number of fused-ring (bicyclic) bond motifs is 2. The predicted octanol–water partition coefficient (Wildman–Crippen LogP) is 2.64. The van der Waals surface area contributed by atoms with Gasteiger partial charge in [0.2, 0.25) is 11.7 Å². The molecule has 5 aromatic rings. The second-order valence-corrected chi connectivity index (χ2v) is 7.25. The zero-order valence-electron chi connectivity index (χ0n) is 18.8. The van der Waals surface area contributed by atoms with Crippen molar-refractivity contribution in [3.8, 4) is 29.0 Å². The monoisotopic (exact) mass is 463 g/mol. The quantitative estimate of drug-likeness (QED) is 0.299. The van der Waals surface area contributed by atoms with Crippen molar-refractivity contribution in [2.75, 3.05) is 27.4 Å². The number of hydrogen-bond donors (Lipinski definition) is 0. The highest BCUT2D eigenvalue weighted by Gasteiger charge is 2.18. The van der Waals surface area contributed by atoms with E-state index >= 15 is 0 Å². The number of aryl methyl sites for hydroxylation is 1. The minimum atomic E-state index is 0.160. The summed E-state index contributed by atoms with van der Waals surface area (Å²) < 4.78 is 28.8. The Labute approximate surface area is 193 Å². The molecule has 0 aliphatic carbocycles. The van der Waals surface area contributed by atoms with Gasteiger partial charge in [0, 0.05) is 25.4 Å². The molecule has 0 bridgehead atoms. The van der Waals surface area contributed by atoms with E-state index in [4.69, 9.17) is 23.5 Å². The Hall–Kier alpha value is -4.32. The van der Waals surface area contributed by atoms with E-state index in [0.717, 1.165) is 10.9 Å². The minimum absolute atomic E-state index is 0.160. The molecule has 5 aromatic heterocycles. The summed E-state index contributed by atoms with van der Waals surface area (Å²) in [5.74, 6) is 2.27. The number of nitrogens with zero attached hydrogens (tertiary/aromatic N) is 7. The molecule has 0 radical (unpaired) electrons. The lowest BCUT2D eigenvalue weighted by Gasteiger charge is -2.11. The molecule has 174 valence electrons. The molecular formula is C22H21N7O5. The molecule has 0 aromatic carbocycles. The first-order valence-corrected chi connectivity index (χ1v) is 10.4. The van der Waals surface area contributed by atoms with E-state index in [1.54, 1.807) is 32.4 Å². The van der Waals surface area contributed by atoms with Gasteiger partial charge in [0.05, 0.1) is 30.3 Å². The molecule has 12 heteroatoms. The Morgan fingerprint density at radius 3 is 2.71 bits per heavy atom. The van der Waals surface area contributed by atoms with E-state index in [0.29, 0.717) is 53.5 Å². The van der Waals surface area contributed by atoms with Crippen LogP contribution in [-0.2, 0) is 11.3 Å². The Bertz CT molecular complexity index is 1450. The number of pyridine rings is 2. The van der Waals surface area contributed by atoms with Gasteiger partial charge >= 0.3 is 0 Å². The Morgan fingerprint density at radius 2 is 1.91 bits per heavy atom. The van der Waals surface area contributed by atoms with Crippen molar-refractivity contribution in [2.45, 2.75) is 13.5 Å². The summed E-state index contributed by atoms with van der Waals surface area (Å²) in [6.45, 7) is 2.83. The summed E-state index contributed by atoms with van der Waals surface area (Å²) in [5.41, 5.74) is 2.43. The fourth-order valence-corrected chi connectivity index (χ4v) is 3.31. The molecule has 0 aliphatic heterocycles. The highest BCUT2D eigenvalue weighted by atomic mass is 16.5. The van der Waals surface area contributed by atoms with Gasteiger partial charge < -0.3 is 23.5 Å². The summed E-state index contributed by atoms with van der Waals surface area (Å²) in [6, 6.07) is 9.00. The zero-order valence-corrected chi connectivity index (χ0v) is 18.8. The van der Waals surface area contributed by atoms with E-state index in [1.807, 2.05) is 18.2 Å². The third-order valence-corrected chi connectivity index (χ3v) is 4.92. The Kier molecular flexibility index (Phi) is 5.87. The van der Waals surface area contributed by atoms with Gasteiger partial charge in [-0.2, -0.15) is 4.52 Å². The smallest absolute Gasteiger partial charge is 0.275 e. The lowest BCUT2D eigenvalue weighted by Crippen LogP contribution is -2.07. The van der Waals surface area contributed by atoms with Crippen molar-refractivity contribution in [2.24, 2.45) is 0 Å². The van der Waals surface area contributed by atoms with Crippen molar-refractivity contribution < 1.29 is 23.5 Å². The first-order chi connectivity index (χ1) is 16.7. The van der Waals surface area contributed by atoms with E-state index in [2.05, 4.69) is 30.4 Å². The van der Waals surface area contributed by atoms with Crippen molar-refractivity contribution in [1.82, 2.24) is 34.9 Å². The van der Waals surface area contributed by atoms with Crippen molar-refractivity contribution in [1.29, 1.82) is 0 Å². The third kappa shape index (κ3) is 4.18. The van der Waals surface area contributed by atoms with Gasteiger partial charge in [-0.1, -0.05) is 5.16 Å². The van der Waals surface area contributed by atoms with Crippen molar-refractivity contribution in [3.63, 3.8) is 0 Å². The average Bonchev–Trinajstić information content (AvgIpc) is 3.47. The normalized spacial score (nSPS) is 11.3. The standard InChI is InChI=1S/C22H21N7O5/c1-13-10-17(28-34-13)20-26-25-19-11-18(31-3)22(27-29(19)20)33-12-14-4-5-15-16(24-14)6-7-23-21(15)32-9-8-30-2/h4-7,10-11H,8-9,12H2,1-3H3. The Morgan fingerprint density at radius 1 is 1.00 bits per heavy atom. The highest BCUT2D eigenvalue weighted by Crippen LogP contribution is 2.28. The maximum absolute atomic E-state index is 5.96. The van der Waals surface area contributed by atoms with Crippen LogP contribution in [0.15, 0.2) is 41.1 Å². The van der Waals surface area contributed by atoms with Crippen LogP contribution in [0, 0.1) is 6.92 Å². The van der Waals surface area contributed by atoms with Gasteiger partial charge in [0.25, 0.3) is 5.88 Å². The van der Waals surface area contributed by atoms with E-state index < -0.39 is 0 Å². The SMILES string of the molecule is COCCOc1nccc2nc(COc3nn4c(-c5cc(C)on5)nnc4cc3OC)ccc12. The van der Waals surface area contributed by atoms with Gasteiger partial charge in [-0.05, 0) is 25.1 Å². The fourth-order valence-electron chi connectivity index (χ4n) is 3.31. The van der Waals surface area contributed by atoms with Crippen LogP contribution >= 0.6 is 0 Å². The molecule has 5 heterocycles. The van der Waals surface area contributed by atoms with Gasteiger partial charge in [0.15, 0.2) is 17.1 Å². The number of ether oxygens (including phenoxy) is 4. The van der Waals surface area contributed by atoms with Crippen LogP contribution in [0.2, 0.25) is 0 Å². The fraction of sp³-hybridized carbons (Fsp3) is 0.273. The molecule has 0 amide bonds. The van der Waals surface area contributed by atoms with Crippen LogP contribution in [0.3, 0.4) is 0 Å². The van der Waals surface area contributed by atoms with Crippen LogP contribution in [-0.4, -0.2) is 62.4 Å². The molecule has 0 saturated carbocycles. The predicted molar refractivity (Wildman–Crippen MR) is 119 cm³/mol. The highest BCUT2D eigenvalue weighted by molar-refractivity contribution is 5.83. The van der Waals surface area contributed by atoms with E-state index in [1.165, 1.54) is 11.6 Å². The molecule has 0 unspecified atom stereocenters. The first-order valence-electron chi connectivity index (χ1n) is 10.4. The van der Waals surface area contributed by atoms with Crippen LogP contribution in [0.4, 0.5) is 0 Å². The summed E-state index contributed by atoms with van der Waals surface area (Å²) in [6.07, 6.45) is 1.65. The van der Waals surface area contributed by atoms with Crippen molar-refractivity contribution in [3.05, 3.63) is 48.0 Å². The van der Waals surface area contributed by atoms with Crippen LogP contribution in [0.5, 0.6) is 17.5 Å². The maximum Gasteiger partial charge on any atom is 0.275 e. The molecule has 34 heavy (non-hydrogen) atoms. The lowest BCUT2D eigenvalue weighted by atomic mass is 10.2. The molecule has 0 fully saturated rings. The summed E-state index contributed by atoms with van der Waals surface area (Å²) in [4.78, 5) is 8.94. The first kappa shape index (κ1) is 21.5. The van der Waals surface area contributed by atoms with Gasteiger partial charge in [-0.25, -0.2) is 9.97 Å². The van der Waals surface area contributed by atoms with Crippen LogP contribution in [0.1, 0.15) is 11.5 Å². The second kappa shape index (κ2) is 9.27. The molecule has 0 saturated heterocycles. The summed E-state index contributed by atoms with van der Waals surface area (Å²) >= 11 is 0. The maximum atomic E-state index is 5.96. The van der Waals surface area contributed by atoms with Crippen LogP contribution in [0.25, 0.3) is 28.1 Å². The minimum Gasteiger partial charge on any atom is -0.491 e. The summed E-state index contributed by atoms with van der Waals surface area (Å²) in [7, 11) is 3.15. The Balaban J connectivity index is 1.40. The molecule has 0 atom stereocenters. The van der Waals surface area contributed by atoms with Gasteiger partial charge in [-0.15, -0.1) is 15.3 Å². The van der Waals surface area contributed by atoms with E-state index in [-0.39, 0.29) is 12.5 Å². The third-order valence-electron chi connectivity index (χ3n) is 4.92. The molecule has 5 rings (SSSR count). The van der Waals surface area contributed by atoms with E-state index in [9.17, 15) is 0 Å². The number of methoxy groups -OCH3 is 2. The van der Waals surface area contributed by atoms with Crippen molar-refractivity contribution >= 4 is 16.6 Å². The second-order valence-electron chi connectivity index (χ2n) is 7.25. The largest absolute Gasteiger partial charge is 0.491 e. The van der Waals surface area contributed by atoms with Crippen LogP contribution < -0.4 is 14.2 Å². The lowest BCUT2D eigenvalue weighted by molar-refractivity contribution is 0.144. The topological polar surface area (TPSA) is 132 Å². The van der Waals surface area contributed by atoms with Gasteiger partial charge in [-0.3, -0.25) is 0 Å². The average molecular weight is 463 g/mol. The molecule has 0 N–H and O–H groups in total. The summed E-state index contributed by atoms with van der Waals surface area (Å²) in [5, 5.41) is 17.6. The molecule has 0 spiro atoms. The molecule has 12 nitrogen and oxygen atoms in total. The number of rotatable bonds is 9. The molecule has 0 aliphatic rings. The number of aromatic nitrogens is 7.